The van der Waals surface area contributed by atoms with Crippen LogP contribution in [0.25, 0.3) is 18.2 Å². The van der Waals surface area contributed by atoms with Gasteiger partial charge < -0.3 is 36.6 Å². The summed E-state index contributed by atoms with van der Waals surface area (Å²) in [5, 5.41) is 51.6. The van der Waals surface area contributed by atoms with Crippen molar-refractivity contribution < 1.29 is 39.9 Å². The third-order valence-corrected chi connectivity index (χ3v) is 6.67. The second-order valence-electron chi connectivity index (χ2n) is 10.1. The van der Waals surface area contributed by atoms with Gasteiger partial charge in [0.25, 0.3) is 11.8 Å². The van der Waals surface area contributed by atoms with Gasteiger partial charge in [-0.15, -0.1) is 0 Å². The molecule has 3 aromatic rings. The first kappa shape index (κ1) is 34.1. The fourth-order valence-corrected chi connectivity index (χ4v) is 4.25. The molecule has 11 nitrogen and oxygen atoms in total. The number of aromatic hydroxyl groups is 5. The molecule has 45 heavy (non-hydrogen) atoms. The molecule has 236 valence electrons. The van der Waals surface area contributed by atoms with E-state index < -0.39 is 29.4 Å². The zero-order valence-corrected chi connectivity index (χ0v) is 24.5. The molecule has 2 amide bonds. The second-order valence-corrected chi connectivity index (χ2v) is 10.1. The predicted molar refractivity (Wildman–Crippen MR) is 171 cm³/mol. The summed E-state index contributed by atoms with van der Waals surface area (Å²) in [5.74, 6) is -3.51. The Morgan fingerprint density at radius 1 is 0.667 bits per heavy atom. The highest BCUT2D eigenvalue weighted by Crippen LogP contribution is 2.27. The second kappa shape index (κ2) is 17.0. The first-order chi connectivity index (χ1) is 21.6. The Hall–Kier alpha value is -5.39. The number of nitrogens with one attached hydrogen (secondary N) is 1. The van der Waals surface area contributed by atoms with Gasteiger partial charge >= 0.3 is 0 Å². The van der Waals surface area contributed by atoms with Crippen molar-refractivity contribution in [3.05, 3.63) is 95.6 Å². The summed E-state index contributed by atoms with van der Waals surface area (Å²) in [5.41, 5.74) is 6.89. The van der Waals surface area contributed by atoms with Gasteiger partial charge in [0.2, 0.25) is 0 Å². The Labute approximate surface area is 260 Å². The number of phenolic OH excluding ortho intramolecular Hbond substituents is 5. The SMILES string of the molecule is NCCCNCCCC(C(=O)C=Cc1ccc(O)c(O)c1)N(C(=O)C=Cc1ccc(O)cc1)C(=O)C=Cc1ccc(O)c(O)c1. The number of ketones is 1. The van der Waals surface area contributed by atoms with Crippen molar-refractivity contribution in [2.75, 3.05) is 19.6 Å². The maximum Gasteiger partial charge on any atom is 0.254 e. The van der Waals surface area contributed by atoms with Gasteiger partial charge in [-0.1, -0.05) is 30.3 Å². The van der Waals surface area contributed by atoms with Crippen molar-refractivity contribution in [3.63, 3.8) is 0 Å². The number of imide groups is 1. The minimum atomic E-state index is -1.22. The van der Waals surface area contributed by atoms with Crippen LogP contribution in [0.4, 0.5) is 0 Å². The van der Waals surface area contributed by atoms with E-state index in [1.165, 1.54) is 72.8 Å². The van der Waals surface area contributed by atoms with Gasteiger partial charge in [-0.05, 0) is 110 Å². The number of nitrogens with two attached hydrogens (primary N) is 1. The van der Waals surface area contributed by atoms with Crippen LogP contribution in [0.2, 0.25) is 0 Å². The highest BCUT2D eigenvalue weighted by atomic mass is 16.3. The summed E-state index contributed by atoms with van der Waals surface area (Å²) < 4.78 is 0. The fourth-order valence-electron chi connectivity index (χ4n) is 4.25. The number of hydrogen-bond donors (Lipinski definition) is 7. The molecule has 1 atom stereocenters. The van der Waals surface area contributed by atoms with E-state index in [2.05, 4.69) is 5.32 Å². The molecular weight excluding hydrogens is 578 g/mol. The normalized spacial score (nSPS) is 12.2. The van der Waals surface area contributed by atoms with E-state index in [-0.39, 0.29) is 29.4 Å². The molecule has 0 bridgehead atoms. The number of phenols is 5. The average Bonchev–Trinajstić information content (AvgIpc) is 3.02. The minimum absolute atomic E-state index is 0.0418. The quantitative estimate of drug-likeness (QED) is 0.0753. The zero-order valence-electron chi connectivity index (χ0n) is 24.5. The summed E-state index contributed by atoms with van der Waals surface area (Å²) in [4.78, 5) is 41.7. The lowest BCUT2D eigenvalue weighted by molar-refractivity contribution is -0.145. The van der Waals surface area contributed by atoms with E-state index in [9.17, 15) is 39.9 Å². The lowest BCUT2D eigenvalue weighted by Gasteiger charge is -2.27. The first-order valence-corrected chi connectivity index (χ1v) is 14.3. The number of hydrogen-bond acceptors (Lipinski definition) is 10. The first-order valence-electron chi connectivity index (χ1n) is 14.3. The van der Waals surface area contributed by atoms with Crippen molar-refractivity contribution in [2.24, 2.45) is 5.73 Å². The summed E-state index contributed by atoms with van der Waals surface area (Å²) in [6.45, 7) is 1.68. The van der Waals surface area contributed by atoms with Crippen LogP contribution in [0.15, 0.2) is 78.9 Å². The highest BCUT2D eigenvalue weighted by molar-refractivity contribution is 6.12. The number of carbonyl (C=O) groups excluding carboxylic acids is 3. The molecule has 3 aromatic carbocycles. The molecule has 0 aromatic heterocycles. The number of carbonyl (C=O) groups is 3. The van der Waals surface area contributed by atoms with Crippen LogP contribution in [0.1, 0.15) is 36.0 Å². The van der Waals surface area contributed by atoms with Gasteiger partial charge in [-0.2, -0.15) is 0 Å². The van der Waals surface area contributed by atoms with E-state index in [0.29, 0.717) is 42.7 Å². The van der Waals surface area contributed by atoms with Gasteiger partial charge in [0.15, 0.2) is 28.8 Å². The van der Waals surface area contributed by atoms with Crippen LogP contribution < -0.4 is 11.1 Å². The van der Waals surface area contributed by atoms with E-state index >= 15 is 0 Å². The summed E-state index contributed by atoms with van der Waals surface area (Å²) in [6, 6.07) is 12.8. The summed E-state index contributed by atoms with van der Waals surface area (Å²) in [7, 11) is 0. The monoisotopic (exact) mass is 615 g/mol. The van der Waals surface area contributed by atoms with Gasteiger partial charge in [0.05, 0.1) is 0 Å². The van der Waals surface area contributed by atoms with Gasteiger partial charge in [-0.3, -0.25) is 19.3 Å². The summed E-state index contributed by atoms with van der Waals surface area (Å²) in [6.07, 6.45) is 8.98. The summed E-state index contributed by atoms with van der Waals surface area (Å²) >= 11 is 0. The molecule has 0 fully saturated rings. The van der Waals surface area contributed by atoms with Crippen molar-refractivity contribution in [3.8, 4) is 28.7 Å². The molecule has 1 unspecified atom stereocenters. The zero-order chi connectivity index (χ0) is 32.8. The molecule has 0 aliphatic rings. The predicted octanol–water partition coefficient (Wildman–Crippen LogP) is 3.67. The molecule has 3 rings (SSSR count). The van der Waals surface area contributed by atoms with Crippen LogP contribution in [-0.4, -0.2) is 73.7 Å². The molecule has 0 aliphatic carbocycles. The molecule has 8 N–H and O–H groups in total. The lowest BCUT2D eigenvalue weighted by atomic mass is 10.0. The van der Waals surface area contributed by atoms with Crippen LogP contribution in [0.5, 0.6) is 28.7 Å². The molecule has 11 heteroatoms. The van der Waals surface area contributed by atoms with Crippen molar-refractivity contribution in [2.45, 2.75) is 25.3 Å². The number of rotatable bonds is 15. The van der Waals surface area contributed by atoms with E-state index in [0.717, 1.165) is 23.5 Å². The van der Waals surface area contributed by atoms with Crippen LogP contribution in [0, 0.1) is 0 Å². The van der Waals surface area contributed by atoms with Crippen molar-refractivity contribution in [1.82, 2.24) is 10.2 Å². The Kier molecular flexibility index (Phi) is 12.9. The maximum atomic E-state index is 13.6. The third-order valence-electron chi connectivity index (χ3n) is 6.67. The fraction of sp³-hybridized carbons (Fsp3) is 0.206. The van der Waals surface area contributed by atoms with Crippen LogP contribution in [-0.2, 0) is 14.4 Å². The molecule has 0 spiro atoms. The number of amides is 2. The number of nitrogens with zero attached hydrogens (tertiary/aromatic N) is 1. The topological polar surface area (TPSA) is 194 Å². The van der Waals surface area contributed by atoms with E-state index in [4.69, 9.17) is 5.73 Å². The van der Waals surface area contributed by atoms with Crippen molar-refractivity contribution >= 4 is 35.8 Å². The Morgan fingerprint density at radius 2 is 1.16 bits per heavy atom. The third kappa shape index (κ3) is 10.7. The van der Waals surface area contributed by atoms with Crippen LogP contribution in [0.3, 0.4) is 0 Å². The minimum Gasteiger partial charge on any atom is -0.508 e. The maximum absolute atomic E-state index is 13.6. The molecule has 0 saturated carbocycles. The van der Waals surface area contributed by atoms with Gasteiger partial charge in [-0.25, -0.2) is 0 Å². The molecular formula is C34H37N3O8. The highest BCUT2D eigenvalue weighted by Gasteiger charge is 2.31. The van der Waals surface area contributed by atoms with Gasteiger partial charge in [0, 0.05) is 12.2 Å². The Morgan fingerprint density at radius 3 is 1.69 bits per heavy atom. The largest absolute Gasteiger partial charge is 0.508 e. The average molecular weight is 616 g/mol. The van der Waals surface area contributed by atoms with Crippen LogP contribution >= 0.6 is 0 Å². The van der Waals surface area contributed by atoms with Gasteiger partial charge in [0.1, 0.15) is 11.8 Å². The smallest absolute Gasteiger partial charge is 0.254 e. The standard InChI is InChI=1S/C34H37N3O8/c35-18-2-20-36-19-1-3-27(28(39)13-6-24-7-14-29(40)31(42)21-24)37(33(44)16-9-23-4-11-26(38)12-5-23)34(45)17-10-25-8-15-30(41)32(43)22-25/h4-17,21-22,27,36,38,40-43H,1-3,18-20,35H2. The molecule has 0 aliphatic heterocycles. The van der Waals surface area contributed by atoms with Crippen molar-refractivity contribution in [1.29, 1.82) is 0 Å². The Bertz CT molecular complexity index is 1560. The molecule has 0 heterocycles. The molecule has 0 saturated heterocycles. The Balaban J connectivity index is 1.96. The molecule has 0 radical (unpaired) electrons. The number of benzene rings is 3. The van der Waals surface area contributed by atoms with E-state index in [1.54, 1.807) is 12.1 Å². The lowest BCUT2D eigenvalue weighted by Crippen LogP contribution is -2.47. The van der Waals surface area contributed by atoms with E-state index in [1.807, 2.05) is 0 Å².